The molecule has 0 aliphatic carbocycles. The minimum atomic E-state index is -0.515. The first-order valence-electron chi connectivity index (χ1n) is 10.6. The highest BCUT2D eigenvalue weighted by Gasteiger charge is 2.21. The number of methoxy groups -OCH3 is 2. The van der Waals surface area contributed by atoms with E-state index in [9.17, 15) is 9.59 Å². The zero-order valence-corrected chi connectivity index (χ0v) is 18.8. The summed E-state index contributed by atoms with van der Waals surface area (Å²) in [7, 11) is 2.65. The zero-order chi connectivity index (χ0) is 23.1. The van der Waals surface area contributed by atoms with Crippen molar-refractivity contribution in [1.82, 2.24) is 0 Å². The van der Waals surface area contributed by atoms with E-state index in [0.29, 0.717) is 22.5 Å². The summed E-state index contributed by atoms with van der Waals surface area (Å²) in [5.74, 6) is -1.03. The Hall–Kier alpha value is -3.80. The quantitative estimate of drug-likeness (QED) is 0.434. The summed E-state index contributed by atoms with van der Waals surface area (Å²) in [5, 5.41) is 6.46. The Morgan fingerprint density at radius 3 is 1.28 bits per heavy atom. The van der Waals surface area contributed by atoms with Gasteiger partial charge in [0.1, 0.15) is 0 Å². The SMILES string of the molecule is CCc1ccc(Nc2cc(C(=O)OC)c(Nc3ccc(CC)cc3)cc2C(=O)OC)cc1. The van der Waals surface area contributed by atoms with Crippen LogP contribution >= 0.6 is 0 Å². The molecule has 0 heterocycles. The van der Waals surface area contributed by atoms with Crippen LogP contribution in [0, 0.1) is 0 Å². The Morgan fingerprint density at radius 1 is 0.656 bits per heavy atom. The molecule has 0 atom stereocenters. The molecule has 6 nitrogen and oxygen atoms in total. The number of rotatable bonds is 8. The molecule has 2 N–H and O–H groups in total. The summed E-state index contributed by atoms with van der Waals surface area (Å²) in [6, 6.07) is 19.0. The maximum Gasteiger partial charge on any atom is 0.340 e. The fourth-order valence-electron chi connectivity index (χ4n) is 3.32. The van der Waals surface area contributed by atoms with Gasteiger partial charge in [-0.3, -0.25) is 0 Å². The van der Waals surface area contributed by atoms with E-state index in [1.54, 1.807) is 12.1 Å². The lowest BCUT2D eigenvalue weighted by atomic mass is 10.0. The number of carbonyl (C=O) groups excluding carboxylic acids is 2. The Kier molecular flexibility index (Phi) is 7.49. The molecule has 0 unspecified atom stereocenters. The molecule has 166 valence electrons. The summed E-state index contributed by atoms with van der Waals surface area (Å²) in [5.41, 5.74) is 5.49. The van der Waals surface area contributed by atoms with Gasteiger partial charge in [-0.25, -0.2) is 9.59 Å². The smallest absolute Gasteiger partial charge is 0.340 e. The van der Waals surface area contributed by atoms with E-state index in [2.05, 4.69) is 24.5 Å². The first-order valence-corrected chi connectivity index (χ1v) is 10.6. The largest absolute Gasteiger partial charge is 0.465 e. The standard InChI is InChI=1S/C26H28N2O4/c1-5-17-7-11-19(12-8-17)27-23-15-22(26(30)32-4)24(16-21(23)25(29)31-3)28-20-13-9-18(6-2)10-14-20/h7-16,27-28H,5-6H2,1-4H3. The average molecular weight is 433 g/mol. The second-order valence-corrected chi connectivity index (χ2v) is 7.28. The maximum absolute atomic E-state index is 12.6. The van der Waals surface area contributed by atoms with Crippen molar-refractivity contribution in [1.29, 1.82) is 0 Å². The lowest BCUT2D eigenvalue weighted by Crippen LogP contribution is -2.12. The zero-order valence-electron chi connectivity index (χ0n) is 18.8. The molecular formula is C26H28N2O4. The van der Waals surface area contributed by atoms with Gasteiger partial charge in [-0.15, -0.1) is 0 Å². The van der Waals surface area contributed by atoms with Crippen molar-refractivity contribution in [3.8, 4) is 0 Å². The van der Waals surface area contributed by atoms with Crippen molar-refractivity contribution in [3.05, 3.63) is 82.9 Å². The molecule has 0 saturated carbocycles. The van der Waals surface area contributed by atoms with Gasteiger partial charge >= 0.3 is 11.9 Å². The molecule has 0 aromatic heterocycles. The third-order valence-electron chi connectivity index (χ3n) is 5.25. The van der Waals surface area contributed by atoms with E-state index in [-0.39, 0.29) is 0 Å². The van der Waals surface area contributed by atoms with Gasteiger partial charge in [-0.1, -0.05) is 38.1 Å². The highest BCUT2D eigenvalue weighted by molar-refractivity contribution is 6.04. The van der Waals surface area contributed by atoms with Crippen LogP contribution in [0.25, 0.3) is 0 Å². The van der Waals surface area contributed by atoms with Crippen molar-refractivity contribution in [3.63, 3.8) is 0 Å². The average Bonchev–Trinajstić information content (AvgIpc) is 2.84. The van der Waals surface area contributed by atoms with Crippen molar-refractivity contribution in [2.24, 2.45) is 0 Å². The van der Waals surface area contributed by atoms with E-state index in [0.717, 1.165) is 24.2 Å². The molecular weight excluding hydrogens is 404 g/mol. The Balaban J connectivity index is 2.05. The van der Waals surface area contributed by atoms with Crippen LogP contribution in [0.1, 0.15) is 45.7 Å². The van der Waals surface area contributed by atoms with Crippen molar-refractivity contribution < 1.29 is 19.1 Å². The van der Waals surface area contributed by atoms with Crippen LogP contribution in [0.2, 0.25) is 0 Å². The number of anilines is 4. The molecule has 0 saturated heterocycles. The monoisotopic (exact) mass is 432 g/mol. The fraction of sp³-hybridized carbons (Fsp3) is 0.231. The van der Waals surface area contributed by atoms with Gasteiger partial charge in [0.15, 0.2) is 0 Å². The number of benzene rings is 3. The molecule has 3 aromatic carbocycles. The third-order valence-corrected chi connectivity index (χ3v) is 5.25. The van der Waals surface area contributed by atoms with Crippen molar-refractivity contribution >= 4 is 34.7 Å². The molecule has 0 fully saturated rings. The van der Waals surface area contributed by atoms with Crippen LogP contribution in [0.4, 0.5) is 22.7 Å². The van der Waals surface area contributed by atoms with Gasteiger partial charge in [-0.05, 0) is 60.4 Å². The van der Waals surface area contributed by atoms with Crippen LogP contribution in [0.5, 0.6) is 0 Å². The number of esters is 2. The maximum atomic E-state index is 12.6. The van der Waals surface area contributed by atoms with Gasteiger partial charge in [0.05, 0.1) is 36.7 Å². The van der Waals surface area contributed by atoms with E-state index in [1.807, 2.05) is 48.5 Å². The first-order chi connectivity index (χ1) is 15.5. The molecule has 0 spiro atoms. The predicted molar refractivity (Wildman–Crippen MR) is 127 cm³/mol. The number of carbonyl (C=O) groups is 2. The molecule has 0 amide bonds. The number of nitrogens with one attached hydrogen (secondary N) is 2. The van der Waals surface area contributed by atoms with Gasteiger partial charge < -0.3 is 20.1 Å². The van der Waals surface area contributed by atoms with E-state index >= 15 is 0 Å². The number of ether oxygens (including phenoxy) is 2. The number of hydrogen-bond acceptors (Lipinski definition) is 6. The Bertz CT molecular complexity index is 1000. The summed E-state index contributed by atoms with van der Waals surface area (Å²) < 4.78 is 9.98. The highest BCUT2D eigenvalue weighted by atomic mass is 16.5. The molecule has 32 heavy (non-hydrogen) atoms. The second kappa shape index (κ2) is 10.5. The van der Waals surface area contributed by atoms with Crippen molar-refractivity contribution in [2.45, 2.75) is 26.7 Å². The summed E-state index contributed by atoms with van der Waals surface area (Å²) in [6.45, 7) is 4.17. The van der Waals surface area contributed by atoms with E-state index < -0.39 is 11.9 Å². The Morgan fingerprint density at radius 2 is 1.00 bits per heavy atom. The molecule has 0 aliphatic heterocycles. The topological polar surface area (TPSA) is 76.7 Å². The number of hydrogen-bond donors (Lipinski definition) is 2. The summed E-state index contributed by atoms with van der Waals surface area (Å²) >= 11 is 0. The van der Waals surface area contributed by atoms with Crippen LogP contribution in [0.3, 0.4) is 0 Å². The second-order valence-electron chi connectivity index (χ2n) is 7.28. The third kappa shape index (κ3) is 5.27. The normalized spacial score (nSPS) is 10.4. The van der Waals surface area contributed by atoms with E-state index in [4.69, 9.17) is 9.47 Å². The minimum Gasteiger partial charge on any atom is -0.465 e. The molecule has 0 aliphatic rings. The van der Waals surface area contributed by atoms with Crippen LogP contribution in [-0.4, -0.2) is 26.2 Å². The minimum absolute atomic E-state index is 0.299. The van der Waals surface area contributed by atoms with Crippen LogP contribution in [-0.2, 0) is 22.3 Å². The lowest BCUT2D eigenvalue weighted by Gasteiger charge is -2.17. The predicted octanol–water partition coefficient (Wildman–Crippen LogP) is 5.87. The summed E-state index contributed by atoms with van der Waals surface area (Å²) in [6.07, 6.45) is 1.86. The van der Waals surface area contributed by atoms with Gasteiger partial charge in [-0.2, -0.15) is 0 Å². The fourth-order valence-corrected chi connectivity index (χ4v) is 3.32. The van der Waals surface area contributed by atoms with Crippen molar-refractivity contribution in [2.75, 3.05) is 24.9 Å². The van der Waals surface area contributed by atoms with Crippen LogP contribution in [0.15, 0.2) is 60.7 Å². The molecule has 0 bridgehead atoms. The van der Waals surface area contributed by atoms with E-state index in [1.165, 1.54) is 25.3 Å². The van der Waals surface area contributed by atoms with Gasteiger partial charge in [0.2, 0.25) is 0 Å². The molecule has 6 heteroatoms. The summed E-state index contributed by atoms with van der Waals surface area (Å²) in [4.78, 5) is 25.1. The molecule has 3 rings (SSSR count). The van der Waals surface area contributed by atoms with Gasteiger partial charge in [0, 0.05) is 11.4 Å². The first kappa shape index (κ1) is 22.9. The van der Waals surface area contributed by atoms with Crippen LogP contribution < -0.4 is 10.6 Å². The molecule has 0 radical (unpaired) electrons. The lowest BCUT2D eigenvalue weighted by molar-refractivity contribution is 0.0588. The Labute approximate surface area is 188 Å². The molecule has 3 aromatic rings. The highest BCUT2D eigenvalue weighted by Crippen LogP contribution is 2.31. The number of aryl methyl sites for hydroxylation is 2. The van der Waals surface area contributed by atoms with Gasteiger partial charge in [0.25, 0.3) is 0 Å².